The summed E-state index contributed by atoms with van der Waals surface area (Å²) in [6.07, 6.45) is 1.90. The molecule has 0 saturated carbocycles. The maximum atomic E-state index is 9.76. The fourth-order valence-electron chi connectivity index (χ4n) is 5.45. The minimum Gasteiger partial charge on any atom is -0.506 e. The minimum atomic E-state index is 0.162. The smallest absolute Gasteiger partial charge is 0.145 e. The van der Waals surface area contributed by atoms with Crippen molar-refractivity contribution in [2.24, 2.45) is 0 Å². The highest BCUT2D eigenvalue weighted by Gasteiger charge is 2.07. The Balaban J connectivity index is 0.000000150. The zero-order chi connectivity index (χ0) is 43.9. The SMILES string of the molecule is CC(C)Oc1cccc2ccc(I)nc12.Oc1cccc2ccc(-c3ccccn3)nc12.Oc1cccc2ccc(Cl)nc12.Oc1cccc2ccc(I)nc12.P[P-]P(P)P. The summed E-state index contributed by atoms with van der Waals surface area (Å²) in [5.74, 6) is 1.46. The van der Waals surface area contributed by atoms with Gasteiger partial charge in [0.05, 0.1) is 17.5 Å². The van der Waals surface area contributed by atoms with E-state index >= 15 is 0 Å². The van der Waals surface area contributed by atoms with Crippen LogP contribution in [0.15, 0.2) is 146 Å². The third kappa shape index (κ3) is 14.9. The van der Waals surface area contributed by atoms with Crippen LogP contribution in [0.2, 0.25) is 5.15 Å². The fraction of sp³-hybridized carbons (Fsp3) is 0.0682. The number of ether oxygens (including phenoxy) is 1. The summed E-state index contributed by atoms with van der Waals surface area (Å²) in [5.41, 5.74) is 4.33. The molecule has 0 spiro atoms. The van der Waals surface area contributed by atoms with Crippen LogP contribution in [0.1, 0.15) is 13.8 Å². The molecular formula is C44H40ClI2N5O4P5-. The Bertz CT molecular complexity index is 2770. The molecule has 4 aromatic carbocycles. The van der Waals surface area contributed by atoms with Gasteiger partial charge in [-0.2, -0.15) is 0 Å². The van der Waals surface area contributed by atoms with E-state index in [2.05, 4.69) is 103 Å². The molecule has 9 aromatic rings. The number of rotatable bonds is 4. The Hall–Kier alpha value is -3.23. The number of fused-ring (bicyclic) bond motifs is 4. The molecule has 0 fully saturated rings. The number of benzene rings is 4. The number of aromatic hydroxyl groups is 3. The van der Waals surface area contributed by atoms with Crippen molar-refractivity contribution in [3.63, 3.8) is 0 Å². The zero-order valence-corrected chi connectivity index (χ0v) is 43.0. The molecule has 312 valence electrons. The Labute approximate surface area is 396 Å². The highest BCUT2D eigenvalue weighted by Crippen LogP contribution is 2.71. The minimum absolute atomic E-state index is 0.162. The van der Waals surface area contributed by atoms with E-state index in [1.807, 2.05) is 111 Å². The number of phenols is 3. The molecule has 3 atom stereocenters. The van der Waals surface area contributed by atoms with E-state index < -0.39 is 0 Å². The maximum Gasteiger partial charge on any atom is 0.145 e. The number of para-hydroxylation sites is 4. The van der Waals surface area contributed by atoms with Gasteiger partial charge in [-0.05, 0) is 126 Å². The third-order valence-corrected chi connectivity index (χ3v) is 20.2. The summed E-state index contributed by atoms with van der Waals surface area (Å²) in [6.45, 7) is 4.21. The summed E-state index contributed by atoms with van der Waals surface area (Å²) >= 11 is 10.0. The molecule has 9 rings (SSSR count). The topological polar surface area (TPSA) is 134 Å². The van der Waals surface area contributed by atoms with E-state index in [0.717, 1.165) is 51.6 Å². The number of hydrogen-bond acceptors (Lipinski definition) is 9. The average Bonchev–Trinajstić information content (AvgIpc) is 3.26. The van der Waals surface area contributed by atoms with Crippen molar-refractivity contribution in [2.75, 3.05) is 0 Å². The van der Waals surface area contributed by atoms with Gasteiger partial charge in [-0.25, -0.2) is 26.9 Å². The lowest BCUT2D eigenvalue weighted by Crippen LogP contribution is -2.06. The largest absolute Gasteiger partial charge is 0.506 e. The van der Waals surface area contributed by atoms with E-state index in [-0.39, 0.29) is 30.3 Å². The van der Waals surface area contributed by atoms with E-state index in [9.17, 15) is 15.3 Å². The highest BCUT2D eigenvalue weighted by molar-refractivity contribution is 14.1. The first-order valence-corrected chi connectivity index (χ1v) is 28.6. The van der Waals surface area contributed by atoms with Crippen molar-refractivity contribution < 1.29 is 20.1 Å². The predicted molar refractivity (Wildman–Crippen MR) is 284 cm³/mol. The molecule has 0 saturated heterocycles. The summed E-state index contributed by atoms with van der Waals surface area (Å²) in [6, 6.07) is 43.0. The van der Waals surface area contributed by atoms with Crippen LogP contribution in [0, 0.1) is 7.40 Å². The van der Waals surface area contributed by atoms with Crippen molar-refractivity contribution in [1.29, 1.82) is 0 Å². The molecule has 5 aromatic heterocycles. The van der Waals surface area contributed by atoms with Gasteiger partial charge in [-0.3, -0.25) is 13.9 Å². The van der Waals surface area contributed by atoms with Crippen molar-refractivity contribution in [3.8, 4) is 34.4 Å². The molecule has 0 aliphatic rings. The molecule has 17 heteroatoms. The first-order chi connectivity index (χ1) is 29.3. The number of aromatic nitrogens is 5. The fourth-order valence-corrected chi connectivity index (χ4v) is 6.44. The van der Waals surface area contributed by atoms with Gasteiger partial charge in [0, 0.05) is 27.7 Å². The Morgan fingerprint density at radius 1 is 0.557 bits per heavy atom. The molecule has 0 aliphatic carbocycles. The molecule has 5 heterocycles. The van der Waals surface area contributed by atoms with Gasteiger partial charge >= 0.3 is 0 Å². The van der Waals surface area contributed by atoms with Gasteiger partial charge in [-0.15, -0.1) is 17.9 Å². The van der Waals surface area contributed by atoms with Crippen molar-refractivity contribution >= 4 is 142 Å². The molecule has 0 radical (unpaired) electrons. The van der Waals surface area contributed by atoms with E-state index in [4.69, 9.17) is 16.3 Å². The van der Waals surface area contributed by atoms with Crippen LogP contribution >= 0.6 is 98.5 Å². The lowest BCUT2D eigenvalue weighted by molar-refractivity contribution is 0.245. The first kappa shape index (κ1) is 48.8. The average molecular weight is 1150 g/mol. The predicted octanol–water partition coefficient (Wildman–Crippen LogP) is 14.5. The number of phenolic OH excluding ortho intramolecular Hbond substituents is 3. The molecule has 9 nitrogen and oxygen atoms in total. The summed E-state index contributed by atoms with van der Waals surface area (Å²) in [5, 5.41) is 32.9. The van der Waals surface area contributed by atoms with Gasteiger partial charge in [0.15, 0.2) is 0 Å². The second-order valence-corrected chi connectivity index (χ2v) is 28.3. The number of pyridine rings is 5. The molecule has 3 N–H and O–H groups in total. The van der Waals surface area contributed by atoms with Crippen LogP contribution in [-0.4, -0.2) is 46.3 Å². The lowest BCUT2D eigenvalue weighted by Gasteiger charge is -2.13. The lowest BCUT2D eigenvalue weighted by atomic mass is 10.1. The highest BCUT2D eigenvalue weighted by atomic mass is 127. The molecule has 3 unspecified atom stereocenters. The van der Waals surface area contributed by atoms with Crippen LogP contribution in [0.5, 0.6) is 23.0 Å². The summed E-state index contributed by atoms with van der Waals surface area (Å²) < 4.78 is 7.59. The third-order valence-electron chi connectivity index (χ3n) is 8.10. The Kier molecular flexibility index (Phi) is 19.7. The number of hydrogen-bond donors (Lipinski definition) is 3. The second kappa shape index (κ2) is 24.6. The number of halogens is 3. The molecule has 61 heavy (non-hydrogen) atoms. The van der Waals surface area contributed by atoms with E-state index in [1.54, 1.807) is 42.6 Å². The summed E-state index contributed by atoms with van der Waals surface area (Å²) in [4.78, 5) is 21.4. The van der Waals surface area contributed by atoms with Crippen LogP contribution in [0.25, 0.3) is 55.0 Å². The van der Waals surface area contributed by atoms with Crippen LogP contribution in [0.4, 0.5) is 0 Å². The maximum absolute atomic E-state index is 9.76. The molecular weight excluding hydrogens is 1110 g/mol. The van der Waals surface area contributed by atoms with Crippen molar-refractivity contribution in [1.82, 2.24) is 24.9 Å². The van der Waals surface area contributed by atoms with Crippen LogP contribution < -0.4 is 4.74 Å². The van der Waals surface area contributed by atoms with E-state index in [0.29, 0.717) is 21.7 Å². The van der Waals surface area contributed by atoms with Gasteiger partial charge in [0.2, 0.25) is 0 Å². The van der Waals surface area contributed by atoms with Gasteiger partial charge in [0.1, 0.15) is 57.6 Å². The second-order valence-electron chi connectivity index (χ2n) is 12.8. The zero-order valence-electron chi connectivity index (χ0n) is 32.7. The van der Waals surface area contributed by atoms with Crippen LogP contribution in [-0.2, 0) is 0 Å². The number of nitrogens with zero attached hydrogens (tertiary/aromatic N) is 5. The summed E-state index contributed by atoms with van der Waals surface area (Å²) in [7, 11) is 9.51. The Morgan fingerprint density at radius 2 is 1.02 bits per heavy atom. The first-order valence-electron chi connectivity index (χ1n) is 18.2. The Morgan fingerprint density at radius 3 is 1.52 bits per heavy atom. The standard InChI is InChI=1S/C14H10N2O.C12H12INO.C9H6ClNO.C9H6INO.H6P5/c17-13-6-3-4-10-7-8-12(16-14(10)13)11-5-1-2-9-15-11;1-8(2)15-10-5-3-4-9-6-7-11(13)14-12(9)10;2*10-8-5-4-6-2-1-3-7(12)9(6)11-8;1-4-5(2)3/h1-9,17H;3-8H,1-2H3;2*1-5,12H;1-3H2/q;;;;-1. The van der Waals surface area contributed by atoms with Gasteiger partial charge in [-0.1, -0.05) is 84.4 Å². The van der Waals surface area contributed by atoms with Crippen LogP contribution in [0.3, 0.4) is 0 Å². The molecule has 0 amide bonds. The molecule has 0 aliphatic heterocycles. The van der Waals surface area contributed by atoms with Gasteiger partial charge < -0.3 is 28.0 Å². The van der Waals surface area contributed by atoms with Crippen molar-refractivity contribution in [2.45, 2.75) is 20.0 Å². The quantitative estimate of drug-likeness (QED) is 0.0894. The molecule has 0 bridgehead atoms. The van der Waals surface area contributed by atoms with Gasteiger partial charge in [0.25, 0.3) is 0 Å². The van der Waals surface area contributed by atoms with Crippen molar-refractivity contribution in [3.05, 3.63) is 158 Å². The monoisotopic (exact) mass is 1150 g/mol. The van der Waals surface area contributed by atoms with E-state index in [1.165, 1.54) is 7.96 Å². The normalized spacial score (nSPS) is 10.7.